The van der Waals surface area contributed by atoms with E-state index in [0.29, 0.717) is 23.5 Å². The smallest absolute Gasteiger partial charge is 0.256 e. The summed E-state index contributed by atoms with van der Waals surface area (Å²) in [6.07, 6.45) is 2.50. The molecule has 25 heavy (non-hydrogen) atoms. The van der Waals surface area contributed by atoms with E-state index in [2.05, 4.69) is 22.5 Å². The second-order valence-corrected chi connectivity index (χ2v) is 5.76. The number of nitrogens with one attached hydrogen (secondary N) is 1. The van der Waals surface area contributed by atoms with Crippen molar-refractivity contribution in [3.63, 3.8) is 0 Å². The van der Waals surface area contributed by atoms with E-state index in [4.69, 9.17) is 0 Å². The Balaban J connectivity index is 1.66. The third kappa shape index (κ3) is 4.20. The zero-order valence-electron chi connectivity index (χ0n) is 14.0. The highest BCUT2D eigenvalue weighted by Crippen LogP contribution is 2.12. The number of hydrogen-bond donors (Lipinski definition) is 1. The van der Waals surface area contributed by atoms with Crippen LogP contribution in [0.3, 0.4) is 0 Å². The van der Waals surface area contributed by atoms with Gasteiger partial charge in [0, 0.05) is 23.7 Å². The number of rotatable bonds is 6. The summed E-state index contributed by atoms with van der Waals surface area (Å²) in [4.78, 5) is 23.7. The first-order valence-electron chi connectivity index (χ1n) is 8.11. The molecule has 0 fully saturated rings. The minimum absolute atomic E-state index is 0.0223. The third-order valence-electron chi connectivity index (χ3n) is 3.97. The van der Waals surface area contributed by atoms with Crippen LogP contribution >= 0.6 is 0 Å². The van der Waals surface area contributed by atoms with Crippen LogP contribution in [0, 0.1) is 0 Å². The van der Waals surface area contributed by atoms with E-state index < -0.39 is 0 Å². The Morgan fingerprint density at radius 3 is 2.32 bits per heavy atom. The Labute approximate surface area is 146 Å². The number of amides is 1. The van der Waals surface area contributed by atoms with Gasteiger partial charge in [-0.15, -0.1) is 0 Å². The Bertz CT molecular complexity index is 867. The lowest BCUT2D eigenvalue weighted by molar-refractivity contribution is 0.100. The molecule has 3 rings (SSSR count). The fraction of sp³-hybridized carbons (Fsp3) is 0.150. The van der Waals surface area contributed by atoms with Gasteiger partial charge in [-0.05, 0) is 31.0 Å². The van der Waals surface area contributed by atoms with Gasteiger partial charge in [0.2, 0.25) is 0 Å². The van der Waals surface area contributed by atoms with Gasteiger partial charge in [-0.3, -0.25) is 9.59 Å². The molecule has 5 nitrogen and oxygen atoms in total. The highest BCUT2D eigenvalue weighted by Gasteiger charge is 2.10. The normalized spacial score (nSPS) is 10.4. The number of anilines is 1. The van der Waals surface area contributed by atoms with Crippen LogP contribution in [0.25, 0.3) is 0 Å². The molecule has 1 aromatic heterocycles. The van der Waals surface area contributed by atoms with Crippen molar-refractivity contribution in [3.05, 3.63) is 83.6 Å². The summed E-state index contributed by atoms with van der Waals surface area (Å²) < 4.78 is 1.77. The predicted molar refractivity (Wildman–Crippen MR) is 96.8 cm³/mol. The minimum atomic E-state index is -0.225. The van der Waals surface area contributed by atoms with Crippen LogP contribution in [-0.2, 0) is 13.0 Å². The molecule has 3 aromatic rings. The molecule has 0 unspecified atom stereocenters. The molecule has 0 radical (unpaired) electrons. The number of hydrogen-bond acceptors (Lipinski definition) is 3. The predicted octanol–water partition coefficient (Wildman–Crippen LogP) is 3.58. The molecule has 5 heteroatoms. The minimum Gasteiger partial charge on any atom is -0.307 e. The number of carbonyl (C=O) groups is 2. The number of benzene rings is 2. The lowest BCUT2D eigenvalue weighted by Gasteiger charge is -2.09. The van der Waals surface area contributed by atoms with Crippen LogP contribution in [0.5, 0.6) is 0 Å². The second-order valence-electron chi connectivity index (χ2n) is 5.76. The van der Waals surface area contributed by atoms with Crippen molar-refractivity contribution >= 4 is 17.5 Å². The zero-order chi connectivity index (χ0) is 17.6. The van der Waals surface area contributed by atoms with Crippen LogP contribution in [0.2, 0.25) is 0 Å². The topological polar surface area (TPSA) is 64.0 Å². The molecule has 0 bridgehead atoms. The molecule has 0 aliphatic carbocycles. The van der Waals surface area contributed by atoms with Crippen molar-refractivity contribution in [2.24, 2.45) is 0 Å². The molecule has 0 aliphatic rings. The van der Waals surface area contributed by atoms with Crippen molar-refractivity contribution in [1.29, 1.82) is 0 Å². The third-order valence-corrected chi connectivity index (χ3v) is 3.97. The molecule has 0 saturated carbocycles. The van der Waals surface area contributed by atoms with Gasteiger partial charge in [0.15, 0.2) is 5.78 Å². The van der Waals surface area contributed by atoms with Gasteiger partial charge in [-0.1, -0.05) is 42.5 Å². The lowest BCUT2D eigenvalue weighted by Crippen LogP contribution is -2.16. The number of nitrogens with zero attached hydrogens (tertiary/aromatic N) is 2. The first-order valence-corrected chi connectivity index (χ1v) is 8.11. The first kappa shape index (κ1) is 16.6. The molecule has 1 heterocycles. The van der Waals surface area contributed by atoms with E-state index in [1.165, 1.54) is 12.5 Å². The van der Waals surface area contributed by atoms with E-state index in [-0.39, 0.29) is 11.7 Å². The van der Waals surface area contributed by atoms with Gasteiger partial charge in [0.1, 0.15) is 5.82 Å². The summed E-state index contributed by atoms with van der Waals surface area (Å²) >= 11 is 0. The van der Waals surface area contributed by atoms with Crippen LogP contribution in [-0.4, -0.2) is 21.5 Å². The van der Waals surface area contributed by atoms with E-state index in [9.17, 15) is 9.59 Å². The molecular weight excluding hydrogens is 314 g/mol. The summed E-state index contributed by atoms with van der Waals surface area (Å²) in [7, 11) is 0. The average Bonchev–Trinajstić information content (AvgIpc) is 3.08. The molecule has 1 N–H and O–H groups in total. The van der Waals surface area contributed by atoms with Crippen molar-refractivity contribution in [2.45, 2.75) is 19.9 Å². The van der Waals surface area contributed by atoms with Crippen molar-refractivity contribution in [2.75, 3.05) is 5.32 Å². The summed E-state index contributed by atoms with van der Waals surface area (Å²) in [5, 5.41) is 7.14. The van der Waals surface area contributed by atoms with Gasteiger partial charge in [-0.2, -0.15) is 5.10 Å². The lowest BCUT2D eigenvalue weighted by atomic mass is 10.1. The van der Waals surface area contributed by atoms with E-state index in [0.717, 1.165) is 6.42 Å². The average molecular weight is 333 g/mol. The Morgan fingerprint density at radius 1 is 0.960 bits per heavy atom. The first-order chi connectivity index (χ1) is 12.1. The van der Waals surface area contributed by atoms with Gasteiger partial charge in [-0.25, -0.2) is 4.68 Å². The van der Waals surface area contributed by atoms with Gasteiger partial charge >= 0.3 is 0 Å². The number of aryl methyl sites for hydroxylation is 2. The summed E-state index contributed by atoms with van der Waals surface area (Å²) in [5.74, 6) is 0.402. The Morgan fingerprint density at radius 2 is 1.64 bits per heavy atom. The molecule has 0 aliphatic heterocycles. The number of ketones is 1. The van der Waals surface area contributed by atoms with Crippen molar-refractivity contribution < 1.29 is 9.59 Å². The fourth-order valence-electron chi connectivity index (χ4n) is 2.54. The second kappa shape index (κ2) is 7.57. The fourth-order valence-corrected chi connectivity index (χ4v) is 2.54. The van der Waals surface area contributed by atoms with E-state index in [1.54, 1.807) is 41.2 Å². The summed E-state index contributed by atoms with van der Waals surface area (Å²) in [5.41, 5.74) is 2.31. The highest BCUT2D eigenvalue weighted by atomic mass is 16.1. The van der Waals surface area contributed by atoms with Crippen LogP contribution < -0.4 is 5.32 Å². The van der Waals surface area contributed by atoms with Gasteiger partial charge in [0.05, 0.1) is 6.20 Å². The molecule has 2 aromatic carbocycles. The maximum atomic E-state index is 12.4. The quantitative estimate of drug-likeness (QED) is 0.701. The summed E-state index contributed by atoms with van der Waals surface area (Å²) in [6, 6.07) is 18.5. The molecule has 126 valence electrons. The van der Waals surface area contributed by atoms with Crippen LogP contribution in [0.15, 0.2) is 66.9 Å². The summed E-state index contributed by atoms with van der Waals surface area (Å²) in [6.45, 7) is 2.18. The highest BCUT2D eigenvalue weighted by molar-refractivity contribution is 6.04. The molecule has 0 spiro atoms. The molecule has 0 saturated heterocycles. The Hall–Kier alpha value is -3.21. The Kier molecular flexibility index (Phi) is 5.04. The largest absolute Gasteiger partial charge is 0.307 e. The van der Waals surface area contributed by atoms with Gasteiger partial charge in [0.25, 0.3) is 5.91 Å². The van der Waals surface area contributed by atoms with E-state index >= 15 is 0 Å². The maximum Gasteiger partial charge on any atom is 0.256 e. The van der Waals surface area contributed by atoms with Gasteiger partial charge < -0.3 is 5.32 Å². The van der Waals surface area contributed by atoms with Crippen LogP contribution in [0.1, 0.15) is 33.2 Å². The maximum absolute atomic E-state index is 12.4. The molecule has 1 amide bonds. The van der Waals surface area contributed by atoms with E-state index in [1.807, 2.05) is 18.2 Å². The number of aromatic nitrogens is 2. The number of carbonyl (C=O) groups excluding carboxylic acids is 2. The van der Waals surface area contributed by atoms with Crippen LogP contribution in [0.4, 0.5) is 5.82 Å². The SMILES string of the molecule is CC(=O)c1ccc(C(=O)Nc2ccnn2CCc2ccccc2)cc1. The monoisotopic (exact) mass is 333 g/mol. The zero-order valence-corrected chi connectivity index (χ0v) is 14.0. The molecular formula is C20H19N3O2. The standard InChI is InChI=1S/C20H19N3O2/c1-15(24)17-7-9-18(10-8-17)20(25)22-19-11-13-21-23(19)14-12-16-5-3-2-4-6-16/h2-11,13H,12,14H2,1H3,(H,22,25). The van der Waals surface area contributed by atoms with Crippen molar-refractivity contribution in [1.82, 2.24) is 9.78 Å². The van der Waals surface area contributed by atoms with Crippen molar-refractivity contribution in [3.8, 4) is 0 Å². The molecule has 0 atom stereocenters. The number of Topliss-reactive ketones (excluding diaryl/α,β-unsaturated/α-hetero) is 1.